The quantitative estimate of drug-likeness (QED) is 0.697. The Balaban J connectivity index is 1.57. The summed E-state index contributed by atoms with van der Waals surface area (Å²) in [7, 11) is 0. The third-order valence-electron chi connectivity index (χ3n) is 3.70. The molecular formula is C17H19N3O2. The summed E-state index contributed by atoms with van der Waals surface area (Å²) < 4.78 is 5.70. The lowest BCUT2D eigenvalue weighted by Crippen LogP contribution is -2.17. The Morgan fingerprint density at radius 1 is 1.18 bits per heavy atom. The SMILES string of the molecule is Cc1ccc(C(=O)N/N=C\c2ccc(N3CCCC3)o2)cc1. The molecule has 114 valence electrons. The van der Waals surface area contributed by atoms with Gasteiger partial charge in [-0.05, 0) is 38.0 Å². The van der Waals surface area contributed by atoms with Crippen molar-refractivity contribution in [3.8, 4) is 0 Å². The van der Waals surface area contributed by atoms with Gasteiger partial charge in [0.1, 0.15) is 5.76 Å². The van der Waals surface area contributed by atoms with Crippen molar-refractivity contribution in [1.82, 2.24) is 5.43 Å². The highest BCUT2D eigenvalue weighted by molar-refractivity contribution is 5.94. The smallest absolute Gasteiger partial charge is 0.271 e. The topological polar surface area (TPSA) is 57.8 Å². The summed E-state index contributed by atoms with van der Waals surface area (Å²) in [5.74, 6) is 1.26. The molecule has 1 amide bonds. The summed E-state index contributed by atoms with van der Waals surface area (Å²) >= 11 is 0. The molecule has 0 atom stereocenters. The lowest BCUT2D eigenvalue weighted by molar-refractivity contribution is 0.0955. The molecule has 0 unspecified atom stereocenters. The van der Waals surface area contributed by atoms with Crippen LogP contribution in [0.3, 0.4) is 0 Å². The molecule has 0 spiro atoms. The normalized spacial score (nSPS) is 14.7. The van der Waals surface area contributed by atoms with Gasteiger partial charge in [0.2, 0.25) is 0 Å². The fourth-order valence-corrected chi connectivity index (χ4v) is 2.44. The van der Waals surface area contributed by atoms with Gasteiger partial charge in [-0.2, -0.15) is 5.10 Å². The van der Waals surface area contributed by atoms with Crippen LogP contribution in [-0.4, -0.2) is 25.2 Å². The molecule has 2 heterocycles. The maximum atomic E-state index is 11.9. The maximum absolute atomic E-state index is 11.9. The molecule has 1 saturated heterocycles. The van der Waals surface area contributed by atoms with Gasteiger partial charge in [-0.15, -0.1) is 0 Å². The molecule has 0 saturated carbocycles. The Labute approximate surface area is 129 Å². The number of benzene rings is 1. The van der Waals surface area contributed by atoms with Crippen LogP contribution in [0.1, 0.15) is 34.5 Å². The second-order valence-corrected chi connectivity index (χ2v) is 5.44. The van der Waals surface area contributed by atoms with Crippen LogP contribution in [0.15, 0.2) is 45.9 Å². The summed E-state index contributed by atoms with van der Waals surface area (Å²) in [5.41, 5.74) is 4.20. The van der Waals surface area contributed by atoms with E-state index < -0.39 is 0 Å². The molecule has 0 radical (unpaired) electrons. The summed E-state index contributed by atoms with van der Waals surface area (Å²) in [6, 6.07) is 11.1. The van der Waals surface area contributed by atoms with E-state index in [1.165, 1.54) is 19.1 Å². The number of nitrogens with one attached hydrogen (secondary N) is 1. The number of aryl methyl sites for hydroxylation is 1. The van der Waals surface area contributed by atoms with Crippen LogP contribution in [0.25, 0.3) is 0 Å². The van der Waals surface area contributed by atoms with Crippen LogP contribution in [0.4, 0.5) is 5.88 Å². The van der Waals surface area contributed by atoms with Crippen LogP contribution in [-0.2, 0) is 0 Å². The van der Waals surface area contributed by atoms with Gasteiger partial charge in [0.05, 0.1) is 6.21 Å². The Bertz CT molecular complexity index is 667. The van der Waals surface area contributed by atoms with Gasteiger partial charge >= 0.3 is 0 Å². The lowest BCUT2D eigenvalue weighted by atomic mass is 10.1. The van der Waals surface area contributed by atoms with Crippen LogP contribution in [0, 0.1) is 6.92 Å². The zero-order valence-electron chi connectivity index (χ0n) is 12.6. The minimum atomic E-state index is -0.234. The highest BCUT2D eigenvalue weighted by Crippen LogP contribution is 2.21. The van der Waals surface area contributed by atoms with Crippen LogP contribution in [0.5, 0.6) is 0 Å². The van der Waals surface area contributed by atoms with Gasteiger partial charge in [-0.25, -0.2) is 5.43 Å². The highest BCUT2D eigenvalue weighted by Gasteiger charge is 2.15. The van der Waals surface area contributed by atoms with E-state index in [0.29, 0.717) is 11.3 Å². The van der Waals surface area contributed by atoms with E-state index in [1.807, 2.05) is 31.2 Å². The molecule has 5 nitrogen and oxygen atoms in total. The van der Waals surface area contributed by atoms with Gasteiger partial charge in [-0.3, -0.25) is 4.79 Å². The summed E-state index contributed by atoms with van der Waals surface area (Å²) in [6.07, 6.45) is 3.93. The average molecular weight is 297 g/mol. The predicted octanol–water partition coefficient (Wildman–Crippen LogP) is 2.95. The lowest BCUT2D eigenvalue weighted by Gasteiger charge is -2.12. The standard InChI is InChI=1S/C17H19N3O2/c1-13-4-6-14(7-5-13)17(21)19-18-12-15-8-9-16(22-15)20-10-2-3-11-20/h4-9,12H,2-3,10-11H2,1H3,(H,19,21)/b18-12-. The van der Waals surface area contributed by atoms with Crippen molar-refractivity contribution < 1.29 is 9.21 Å². The molecule has 2 aromatic rings. The molecule has 1 aliphatic heterocycles. The highest BCUT2D eigenvalue weighted by atomic mass is 16.4. The molecular weight excluding hydrogens is 278 g/mol. The fourth-order valence-electron chi connectivity index (χ4n) is 2.44. The Kier molecular flexibility index (Phi) is 4.23. The summed E-state index contributed by atoms with van der Waals surface area (Å²) in [5, 5.41) is 3.94. The monoisotopic (exact) mass is 297 g/mol. The van der Waals surface area contributed by atoms with Gasteiger partial charge in [0.25, 0.3) is 5.91 Å². The molecule has 1 N–H and O–H groups in total. The van der Waals surface area contributed by atoms with E-state index >= 15 is 0 Å². The third kappa shape index (κ3) is 3.36. The average Bonchev–Trinajstić information content (AvgIpc) is 3.19. The van der Waals surface area contributed by atoms with E-state index in [9.17, 15) is 4.79 Å². The minimum Gasteiger partial charge on any atom is -0.440 e. The molecule has 3 rings (SSSR count). The van der Waals surface area contributed by atoms with Gasteiger partial charge < -0.3 is 9.32 Å². The first kappa shape index (κ1) is 14.4. The van der Waals surface area contributed by atoms with Crippen LogP contribution >= 0.6 is 0 Å². The number of carbonyl (C=O) groups is 1. The van der Waals surface area contributed by atoms with Gasteiger partial charge in [0, 0.05) is 24.7 Å². The van der Waals surface area contributed by atoms with Crippen molar-refractivity contribution in [3.63, 3.8) is 0 Å². The zero-order valence-corrected chi connectivity index (χ0v) is 12.6. The van der Waals surface area contributed by atoms with Gasteiger partial charge in [0.15, 0.2) is 5.88 Å². The van der Waals surface area contributed by atoms with Crippen molar-refractivity contribution in [2.75, 3.05) is 18.0 Å². The van der Waals surface area contributed by atoms with E-state index in [-0.39, 0.29) is 5.91 Å². The molecule has 0 bridgehead atoms. The number of carbonyl (C=O) groups excluding carboxylic acids is 1. The summed E-state index contributed by atoms with van der Waals surface area (Å²) in [4.78, 5) is 14.1. The number of rotatable bonds is 4. The number of hydrazone groups is 1. The zero-order chi connectivity index (χ0) is 15.4. The first-order valence-corrected chi connectivity index (χ1v) is 7.47. The molecule has 1 fully saturated rings. The number of amides is 1. The third-order valence-corrected chi connectivity index (χ3v) is 3.70. The molecule has 22 heavy (non-hydrogen) atoms. The van der Waals surface area contributed by atoms with Crippen molar-refractivity contribution in [2.45, 2.75) is 19.8 Å². The van der Waals surface area contributed by atoms with Crippen molar-refractivity contribution in [2.24, 2.45) is 5.10 Å². The second-order valence-electron chi connectivity index (χ2n) is 5.44. The molecule has 5 heteroatoms. The second kappa shape index (κ2) is 6.47. The first-order chi connectivity index (χ1) is 10.7. The predicted molar refractivity (Wildman–Crippen MR) is 86.4 cm³/mol. The largest absolute Gasteiger partial charge is 0.440 e. The van der Waals surface area contributed by atoms with Crippen LogP contribution in [0.2, 0.25) is 0 Å². The fraction of sp³-hybridized carbons (Fsp3) is 0.294. The van der Waals surface area contributed by atoms with Crippen LogP contribution < -0.4 is 10.3 Å². The Morgan fingerprint density at radius 3 is 2.64 bits per heavy atom. The van der Waals surface area contributed by atoms with Gasteiger partial charge in [-0.1, -0.05) is 17.7 Å². The number of anilines is 1. The maximum Gasteiger partial charge on any atom is 0.271 e. The number of hydrogen-bond acceptors (Lipinski definition) is 4. The van der Waals surface area contributed by atoms with E-state index in [4.69, 9.17) is 4.42 Å². The number of nitrogens with zero attached hydrogens (tertiary/aromatic N) is 2. The van der Waals surface area contributed by atoms with E-state index in [0.717, 1.165) is 24.5 Å². The minimum absolute atomic E-state index is 0.234. The van der Waals surface area contributed by atoms with Crippen molar-refractivity contribution in [3.05, 3.63) is 53.3 Å². The molecule has 1 aromatic heterocycles. The Morgan fingerprint density at radius 2 is 1.91 bits per heavy atom. The molecule has 1 aliphatic rings. The van der Waals surface area contributed by atoms with Crippen molar-refractivity contribution in [1.29, 1.82) is 0 Å². The van der Waals surface area contributed by atoms with Crippen molar-refractivity contribution >= 4 is 18.0 Å². The first-order valence-electron chi connectivity index (χ1n) is 7.47. The van der Waals surface area contributed by atoms with E-state index in [2.05, 4.69) is 15.4 Å². The Hall–Kier alpha value is -2.56. The number of furan rings is 1. The van der Waals surface area contributed by atoms with E-state index in [1.54, 1.807) is 12.1 Å². The number of hydrogen-bond donors (Lipinski definition) is 1. The molecule has 0 aliphatic carbocycles. The summed E-state index contributed by atoms with van der Waals surface area (Å²) in [6.45, 7) is 4.05. The molecule has 1 aromatic carbocycles.